The van der Waals surface area contributed by atoms with Crippen LogP contribution >= 0.6 is 0 Å². The van der Waals surface area contributed by atoms with Crippen LogP contribution in [0.2, 0.25) is 0 Å². The highest BCUT2D eigenvalue weighted by Gasteiger charge is 2.06. The molecule has 0 aliphatic carbocycles. The third-order valence-electron chi connectivity index (χ3n) is 2.57. The maximum absolute atomic E-state index is 11.8. The van der Waals surface area contributed by atoms with Crippen molar-refractivity contribution in [3.8, 4) is 0 Å². The zero-order chi connectivity index (χ0) is 12.8. The molecular weight excluding hydrogens is 230 g/mol. The summed E-state index contributed by atoms with van der Waals surface area (Å²) < 4.78 is 0. The number of H-pyrrole nitrogens is 1. The Hall–Kier alpha value is -2.14. The van der Waals surface area contributed by atoms with Gasteiger partial charge in [0.25, 0.3) is 5.91 Å². The summed E-state index contributed by atoms with van der Waals surface area (Å²) in [6.45, 7) is 0.172. The van der Waals surface area contributed by atoms with Gasteiger partial charge in [-0.3, -0.25) is 9.89 Å². The van der Waals surface area contributed by atoms with Crippen LogP contribution in [0.5, 0.6) is 0 Å². The van der Waals surface area contributed by atoms with E-state index in [1.54, 1.807) is 6.20 Å². The summed E-state index contributed by atoms with van der Waals surface area (Å²) in [6.07, 6.45) is 4.54. The molecule has 18 heavy (non-hydrogen) atoms. The molecule has 1 amide bonds. The van der Waals surface area contributed by atoms with Gasteiger partial charge in [0.1, 0.15) is 0 Å². The monoisotopic (exact) mass is 245 g/mol. The molecule has 94 valence electrons. The number of nitrogens with zero attached hydrogens (tertiary/aromatic N) is 1. The van der Waals surface area contributed by atoms with Gasteiger partial charge in [-0.1, -0.05) is 12.1 Å². The molecule has 0 saturated heterocycles. The van der Waals surface area contributed by atoms with Crippen molar-refractivity contribution in [2.45, 2.75) is 12.8 Å². The molecule has 0 fully saturated rings. The normalized spacial score (nSPS) is 10.3. The second kappa shape index (κ2) is 5.97. The first-order chi connectivity index (χ1) is 8.79. The molecule has 0 atom stereocenters. The molecule has 1 heterocycles. The van der Waals surface area contributed by atoms with Crippen LogP contribution in [-0.2, 0) is 6.42 Å². The van der Waals surface area contributed by atoms with Crippen molar-refractivity contribution in [1.29, 1.82) is 0 Å². The summed E-state index contributed by atoms with van der Waals surface area (Å²) >= 11 is 0. The molecule has 0 aliphatic heterocycles. The lowest BCUT2D eigenvalue weighted by Gasteiger charge is -2.06. The first-order valence-corrected chi connectivity index (χ1v) is 5.79. The maximum Gasteiger partial charge on any atom is 0.258 e. The van der Waals surface area contributed by atoms with E-state index in [0.717, 1.165) is 24.1 Å². The van der Waals surface area contributed by atoms with Crippen LogP contribution in [0.1, 0.15) is 22.3 Å². The molecular formula is C13H15N3O2. The fourth-order valence-electron chi connectivity index (χ4n) is 1.67. The fourth-order valence-corrected chi connectivity index (χ4v) is 1.67. The van der Waals surface area contributed by atoms with Crippen LogP contribution in [0, 0.1) is 0 Å². The molecule has 0 aliphatic rings. The first-order valence-electron chi connectivity index (χ1n) is 5.79. The average Bonchev–Trinajstić information content (AvgIpc) is 2.91. The molecule has 0 radical (unpaired) electrons. The SMILES string of the molecule is O=C(Nc1cccc(CCCO)c1)c1cn[nH]c1. The topological polar surface area (TPSA) is 78.0 Å². The number of nitrogens with one attached hydrogen (secondary N) is 2. The van der Waals surface area contributed by atoms with Crippen LogP contribution in [-0.4, -0.2) is 27.8 Å². The summed E-state index contributed by atoms with van der Waals surface area (Å²) in [5.74, 6) is -0.192. The van der Waals surface area contributed by atoms with Crippen molar-refractivity contribution in [2.75, 3.05) is 11.9 Å². The number of anilines is 1. The van der Waals surface area contributed by atoms with Crippen LogP contribution in [0.3, 0.4) is 0 Å². The Morgan fingerprint density at radius 1 is 1.44 bits per heavy atom. The van der Waals surface area contributed by atoms with Gasteiger partial charge in [-0.25, -0.2) is 0 Å². The number of hydrogen-bond acceptors (Lipinski definition) is 3. The van der Waals surface area contributed by atoms with E-state index in [0.29, 0.717) is 5.56 Å². The predicted molar refractivity (Wildman–Crippen MR) is 68.4 cm³/mol. The quantitative estimate of drug-likeness (QED) is 0.748. The standard InChI is InChI=1S/C13H15N3O2/c17-6-2-4-10-3-1-5-12(7-10)16-13(18)11-8-14-15-9-11/h1,3,5,7-9,17H,2,4,6H2,(H,14,15)(H,16,18). The Morgan fingerprint density at radius 2 is 2.33 bits per heavy atom. The van der Waals surface area contributed by atoms with Gasteiger partial charge in [0.05, 0.1) is 11.8 Å². The third kappa shape index (κ3) is 3.18. The minimum absolute atomic E-state index is 0.172. The fraction of sp³-hybridized carbons (Fsp3) is 0.231. The van der Waals surface area contributed by atoms with E-state index in [4.69, 9.17) is 5.11 Å². The highest BCUT2D eigenvalue weighted by molar-refractivity contribution is 6.03. The number of carbonyl (C=O) groups is 1. The number of hydrogen-bond donors (Lipinski definition) is 3. The van der Waals surface area contributed by atoms with Crippen molar-refractivity contribution in [1.82, 2.24) is 10.2 Å². The number of aryl methyl sites for hydroxylation is 1. The summed E-state index contributed by atoms with van der Waals surface area (Å²) in [4.78, 5) is 11.8. The van der Waals surface area contributed by atoms with Gasteiger partial charge in [0, 0.05) is 18.5 Å². The molecule has 0 spiro atoms. The van der Waals surface area contributed by atoms with Crippen molar-refractivity contribution < 1.29 is 9.90 Å². The minimum Gasteiger partial charge on any atom is -0.396 e. The van der Waals surface area contributed by atoms with E-state index in [9.17, 15) is 4.79 Å². The molecule has 1 aromatic carbocycles. The summed E-state index contributed by atoms with van der Waals surface area (Å²) in [5, 5.41) is 17.9. The maximum atomic E-state index is 11.8. The molecule has 2 aromatic rings. The van der Waals surface area contributed by atoms with Crippen LogP contribution < -0.4 is 5.32 Å². The van der Waals surface area contributed by atoms with E-state index in [1.807, 2.05) is 24.3 Å². The van der Waals surface area contributed by atoms with Crippen LogP contribution in [0.15, 0.2) is 36.7 Å². The summed E-state index contributed by atoms with van der Waals surface area (Å²) in [6, 6.07) is 7.61. The number of amides is 1. The number of aromatic amines is 1. The molecule has 0 unspecified atom stereocenters. The van der Waals surface area contributed by atoms with Crippen molar-refractivity contribution in [3.05, 3.63) is 47.8 Å². The van der Waals surface area contributed by atoms with E-state index < -0.39 is 0 Å². The number of aliphatic hydroxyl groups is 1. The van der Waals surface area contributed by atoms with E-state index in [1.165, 1.54) is 6.20 Å². The minimum atomic E-state index is -0.192. The van der Waals surface area contributed by atoms with Gasteiger partial charge in [-0.05, 0) is 30.5 Å². The highest BCUT2D eigenvalue weighted by Crippen LogP contribution is 2.13. The third-order valence-corrected chi connectivity index (χ3v) is 2.57. The van der Waals surface area contributed by atoms with Crippen LogP contribution in [0.4, 0.5) is 5.69 Å². The highest BCUT2D eigenvalue weighted by atomic mass is 16.2. The van der Waals surface area contributed by atoms with Gasteiger partial charge in [0.15, 0.2) is 0 Å². The van der Waals surface area contributed by atoms with E-state index >= 15 is 0 Å². The smallest absolute Gasteiger partial charge is 0.258 e. The van der Waals surface area contributed by atoms with E-state index in [-0.39, 0.29) is 12.5 Å². The van der Waals surface area contributed by atoms with Gasteiger partial charge in [-0.2, -0.15) is 5.10 Å². The number of aliphatic hydroxyl groups excluding tert-OH is 1. The molecule has 2 rings (SSSR count). The lowest BCUT2D eigenvalue weighted by Crippen LogP contribution is -2.11. The summed E-state index contributed by atoms with van der Waals surface area (Å²) in [7, 11) is 0. The Kier molecular flexibility index (Phi) is 4.09. The first kappa shape index (κ1) is 12.3. The average molecular weight is 245 g/mol. The molecule has 5 heteroatoms. The molecule has 0 saturated carbocycles. The van der Waals surface area contributed by atoms with Gasteiger partial charge >= 0.3 is 0 Å². The van der Waals surface area contributed by atoms with Gasteiger partial charge in [-0.15, -0.1) is 0 Å². The van der Waals surface area contributed by atoms with Gasteiger partial charge in [0.2, 0.25) is 0 Å². The number of aromatic nitrogens is 2. The van der Waals surface area contributed by atoms with Crippen molar-refractivity contribution in [3.63, 3.8) is 0 Å². The second-order valence-corrected chi connectivity index (χ2v) is 3.97. The number of rotatable bonds is 5. The molecule has 5 nitrogen and oxygen atoms in total. The predicted octanol–water partition coefficient (Wildman–Crippen LogP) is 1.59. The number of carbonyl (C=O) groups excluding carboxylic acids is 1. The molecule has 1 aromatic heterocycles. The van der Waals surface area contributed by atoms with Crippen molar-refractivity contribution in [2.24, 2.45) is 0 Å². The van der Waals surface area contributed by atoms with Crippen LogP contribution in [0.25, 0.3) is 0 Å². The van der Waals surface area contributed by atoms with Crippen molar-refractivity contribution >= 4 is 11.6 Å². The lowest BCUT2D eigenvalue weighted by molar-refractivity contribution is 0.102. The Bertz CT molecular complexity index is 509. The Labute approximate surface area is 105 Å². The molecule has 3 N–H and O–H groups in total. The van der Waals surface area contributed by atoms with Gasteiger partial charge < -0.3 is 10.4 Å². The largest absolute Gasteiger partial charge is 0.396 e. The second-order valence-electron chi connectivity index (χ2n) is 3.97. The zero-order valence-electron chi connectivity index (χ0n) is 9.89. The number of benzene rings is 1. The Morgan fingerprint density at radius 3 is 3.06 bits per heavy atom. The Balaban J connectivity index is 2.03. The molecule has 0 bridgehead atoms. The lowest BCUT2D eigenvalue weighted by atomic mass is 10.1. The summed E-state index contributed by atoms with van der Waals surface area (Å²) in [5.41, 5.74) is 2.33. The van der Waals surface area contributed by atoms with E-state index in [2.05, 4.69) is 15.5 Å². The zero-order valence-corrected chi connectivity index (χ0v) is 9.89.